The third-order valence-corrected chi connectivity index (χ3v) is 5.74. The first-order valence-electron chi connectivity index (χ1n) is 7.94. The Kier molecular flexibility index (Phi) is 4.73. The third-order valence-electron chi connectivity index (χ3n) is 4.22. The van der Waals surface area contributed by atoms with E-state index in [4.69, 9.17) is 0 Å². The number of nitrogens with zero attached hydrogens (tertiary/aromatic N) is 5. The smallest absolute Gasteiger partial charge is 0.355 e. The highest BCUT2D eigenvalue weighted by Gasteiger charge is 2.41. The normalized spacial score (nSPS) is 19.1. The predicted molar refractivity (Wildman–Crippen MR) is 87.0 cm³/mol. The summed E-state index contributed by atoms with van der Waals surface area (Å²) >= 11 is 0. The Labute approximate surface area is 148 Å². The molecule has 1 fully saturated rings. The molecule has 0 radical (unpaired) electrons. The number of alkyl halides is 3. The van der Waals surface area contributed by atoms with E-state index in [1.807, 2.05) is 4.90 Å². The van der Waals surface area contributed by atoms with Crippen LogP contribution in [0, 0.1) is 0 Å². The van der Waals surface area contributed by atoms with Gasteiger partial charge in [0.25, 0.3) is 0 Å². The lowest BCUT2D eigenvalue weighted by atomic mass is 10.1. The molecule has 3 heterocycles. The fourth-order valence-corrected chi connectivity index (χ4v) is 4.56. The second kappa shape index (κ2) is 6.58. The van der Waals surface area contributed by atoms with Gasteiger partial charge in [0.1, 0.15) is 10.7 Å². The molecule has 1 aliphatic rings. The topological polar surface area (TPSA) is 85.0 Å². The molecular formula is C14H19F3N6O2S. The lowest BCUT2D eigenvalue weighted by Gasteiger charge is -2.34. The number of sulfonamides is 1. The van der Waals surface area contributed by atoms with Crippen LogP contribution in [-0.4, -0.2) is 47.1 Å². The average Bonchev–Trinajstić information content (AvgIpc) is 3.13. The number of rotatable bonds is 4. The Morgan fingerprint density at radius 2 is 2.04 bits per heavy atom. The van der Waals surface area contributed by atoms with Gasteiger partial charge in [0, 0.05) is 45.5 Å². The highest BCUT2D eigenvalue weighted by molar-refractivity contribution is 7.89. The van der Waals surface area contributed by atoms with Gasteiger partial charge in [-0.3, -0.25) is 9.36 Å². The molecule has 1 aliphatic heterocycles. The Bertz CT molecular complexity index is 889. The minimum absolute atomic E-state index is 0.348. The van der Waals surface area contributed by atoms with E-state index in [0.717, 1.165) is 23.2 Å². The number of nitrogens with one attached hydrogen (secondary N) is 1. The molecule has 26 heavy (non-hydrogen) atoms. The van der Waals surface area contributed by atoms with Crippen molar-refractivity contribution in [2.75, 3.05) is 18.0 Å². The number of anilines is 1. The van der Waals surface area contributed by atoms with Crippen molar-refractivity contribution in [1.82, 2.24) is 24.3 Å². The van der Waals surface area contributed by atoms with Gasteiger partial charge in [0.15, 0.2) is 5.69 Å². The molecule has 3 rings (SSSR count). The fourth-order valence-electron chi connectivity index (χ4n) is 3.10. The average molecular weight is 392 g/mol. The molecular weight excluding hydrogens is 373 g/mol. The maximum atomic E-state index is 13.1. The van der Waals surface area contributed by atoms with Gasteiger partial charge in [0.05, 0.1) is 6.20 Å². The Hall–Kier alpha value is -2.08. The van der Waals surface area contributed by atoms with Crippen molar-refractivity contribution in [3.8, 4) is 0 Å². The molecule has 8 nitrogen and oxygen atoms in total. The number of aromatic nitrogens is 4. The molecule has 144 valence electrons. The molecule has 0 saturated carbocycles. The van der Waals surface area contributed by atoms with E-state index in [9.17, 15) is 21.6 Å². The van der Waals surface area contributed by atoms with Crippen molar-refractivity contribution in [3.63, 3.8) is 0 Å². The molecule has 0 spiro atoms. The van der Waals surface area contributed by atoms with Crippen LogP contribution < -0.4 is 9.62 Å². The van der Waals surface area contributed by atoms with E-state index in [0.29, 0.717) is 19.4 Å². The van der Waals surface area contributed by atoms with Crippen LogP contribution in [0.15, 0.2) is 23.4 Å². The van der Waals surface area contributed by atoms with Gasteiger partial charge >= 0.3 is 6.18 Å². The highest BCUT2D eigenvalue weighted by Crippen LogP contribution is 2.33. The van der Waals surface area contributed by atoms with Gasteiger partial charge in [-0.2, -0.15) is 23.4 Å². The SMILES string of the molecule is Cn1cc(S(=O)(=O)NC2CCCN(c3ccnn3C)C2)c(C(F)(F)F)n1. The zero-order valence-corrected chi connectivity index (χ0v) is 15.0. The maximum Gasteiger partial charge on any atom is 0.436 e. The van der Waals surface area contributed by atoms with Crippen molar-refractivity contribution < 1.29 is 21.6 Å². The first kappa shape index (κ1) is 18.7. The Morgan fingerprint density at radius 1 is 1.31 bits per heavy atom. The highest BCUT2D eigenvalue weighted by atomic mass is 32.2. The zero-order valence-electron chi connectivity index (χ0n) is 14.2. The van der Waals surface area contributed by atoms with Gasteiger partial charge in [0.2, 0.25) is 10.0 Å². The lowest BCUT2D eigenvalue weighted by molar-refractivity contribution is -0.143. The summed E-state index contributed by atoms with van der Waals surface area (Å²) in [5, 5.41) is 7.34. The summed E-state index contributed by atoms with van der Waals surface area (Å²) in [6.45, 7) is 1.07. The number of hydrogen-bond acceptors (Lipinski definition) is 5. The van der Waals surface area contributed by atoms with Gasteiger partial charge in [-0.1, -0.05) is 0 Å². The van der Waals surface area contributed by atoms with E-state index in [2.05, 4.69) is 14.9 Å². The molecule has 1 unspecified atom stereocenters. The quantitative estimate of drug-likeness (QED) is 0.843. The van der Waals surface area contributed by atoms with Crippen LogP contribution in [0.4, 0.5) is 19.0 Å². The molecule has 2 aromatic heterocycles. The van der Waals surface area contributed by atoms with Gasteiger partial charge in [-0.25, -0.2) is 13.1 Å². The largest absolute Gasteiger partial charge is 0.436 e. The van der Waals surface area contributed by atoms with E-state index >= 15 is 0 Å². The van der Waals surface area contributed by atoms with Gasteiger partial charge in [-0.15, -0.1) is 0 Å². The summed E-state index contributed by atoms with van der Waals surface area (Å²) < 4.78 is 69.2. The first-order chi connectivity index (χ1) is 12.1. The summed E-state index contributed by atoms with van der Waals surface area (Å²) in [6, 6.07) is 1.30. The number of aryl methyl sites for hydroxylation is 2. The monoisotopic (exact) mass is 392 g/mol. The van der Waals surface area contributed by atoms with Crippen molar-refractivity contribution >= 4 is 15.8 Å². The van der Waals surface area contributed by atoms with E-state index in [1.165, 1.54) is 7.05 Å². The zero-order chi connectivity index (χ0) is 19.1. The van der Waals surface area contributed by atoms with Crippen LogP contribution in [0.2, 0.25) is 0 Å². The molecule has 1 N–H and O–H groups in total. The first-order valence-corrected chi connectivity index (χ1v) is 9.42. The molecule has 12 heteroatoms. The Morgan fingerprint density at radius 3 is 2.65 bits per heavy atom. The third kappa shape index (κ3) is 3.70. The molecule has 0 aliphatic carbocycles. The second-order valence-corrected chi connectivity index (χ2v) is 7.92. The van der Waals surface area contributed by atoms with Gasteiger partial charge in [-0.05, 0) is 12.8 Å². The molecule has 0 bridgehead atoms. The van der Waals surface area contributed by atoms with Crippen LogP contribution in [0.5, 0.6) is 0 Å². The Balaban J connectivity index is 1.81. The molecule has 1 atom stereocenters. The molecule has 0 amide bonds. The number of halogens is 3. The summed E-state index contributed by atoms with van der Waals surface area (Å²) in [5.41, 5.74) is -1.41. The van der Waals surface area contributed by atoms with Crippen LogP contribution in [0.1, 0.15) is 18.5 Å². The second-order valence-electron chi connectivity index (χ2n) is 6.23. The minimum atomic E-state index is -4.85. The van der Waals surface area contributed by atoms with Gasteiger partial charge < -0.3 is 4.90 Å². The van der Waals surface area contributed by atoms with E-state index < -0.39 is 32.8 Å². The fraction of sp³-hybridized carbons (Fsp3) is 0.571. The van der Waals surface area contributed by atoms with Crippen LogP contribution in [0.3, 0.4) is 0 Å². The van der Waals surface area contributed by atoms with E-state index in [1.54, 1.807) is 24.0 Å². The molecule has 0 aromatic carbocycles. The standard InChI is InChI=1S/C14H19F3N6O2S/c1-21-9-11(13(19-21)14(15,16)17)26(24,25)20-10-4-3-7-23(8-10)12-5-6-18-22(12)2/h5-6,9-10,20H,3-4,7-8H2,1-2H3. The van der Waals surface area contributed by atoms with Crippen molar-refractivity contribution in [3.05, 3.63) is 24.2 Å². The van der Waals surface area contributed by atoms with Crippen LogP contribution in [0.25, 0.3) is 0 Å². The van der Waals surface area contributed by atoms with Crippen LogP contribution in [-0.2, 0) is 30.3 Å². The van der Waals surface area contributed by atoms with E-state index in [-0.39, 0.29) is 0 Å². The predicted octanol–water partition coefficient (Wildman–Crippen LogP) is 1.12. The molecule has 1 saturated heterocycles. The summed E-state index contributed by atoms with van der Waals surface area (Å²) in [6.07, 6.45) is -1.10. The maximum absolute atomic E-state index is 13.1. The summed E-state index contributed by atoms with van der Waals surface area (Å²) in [4.78, 5) is 1.10. The summed E-state index contributed by atoms with van der Waals surface area (Å²) in [5.74, 6) is 0.825. The minimum Gasteiger partial charge on any atom is -0.355 e. The lowest BCUT2D eigenvalue weighted by Crippen LogP contribution is -2.48. The molecule has 2 aromatic rings. The summed E-state index contributed by atoms with van der Waals surface area (Å²) in [7, 11) is -1.34. The van der Waals surface area contributed by atoms with Crippen molar-refractivity contribution in [1.29, 1.82) is 0 Å². The van der Waals surface area contributed by atoms with Crippen LogP contribution >= 0.6 is 0 Å². The number of hydrogen-bond donors (Lipinski definition) is 1. The van der Waals surface area contributed by atoms with Crippen molar-refractivity contribution in [2.45, 2.75) is 30.0 Å². The number of piperidine rings is 1. The van der Waals surface area contributed by atoms with Crippen molar-refractivity contribution in [2.24, 2.45) is 14.1 Å².